The van der Waals surface area contributed by atoms with Gasteiger partial charge in [-0.15, -0.1) is 0 Å². The largest absolute Gasteiger partial charge is 0.480 e. The van der Waals surface area contributed by atoms with Gasteiger partial charge in [-0.05, 0) is 99.7 Å². The van der Waals surface area contributed by atoms with Gasteiger partial charge in [-0.2, -0.15) is 11.8 Å². The van der Waals surface area contributed by atoms with E-state index in [0.717, 1.165) is 0 Å². The van der Waals surface area contributed by atoms with Crippen molar-refractivity contribution in [1.82, 2.24) is 114 Å². The minimum atomic E-state index is -1.96. The minimum absolute atomic E-state index is 0.00963. The molecule has 3 aromatic rings. The Labute approximate surface area is 816 Å². The van der Waals surface area contributed by atoms with Crippen molar-refractivity contribution in [3.05, 3.63) is 54.2 Å². The number of benzene rings is 1. The van der Waals surface area contributed by atoms with Crippen molar-refractivity contribution >= 4 is 159 Å². The summed E-state index contributed by atoms with van der Waals surface area (Å²) < 4.78 is 0. The Morgan fingerprint density at radius 2 is 0.929 bits per heavy atom. The molecule has 2 aliphatic rings. The number of aromatic amines is 2. The van der Waals surface area contributed by atoms with Crippen molar-refractivity contribution in [2.75, 3.05) is 110 Å². The monoisotopic (exact) mass is 2000 g/mol. The zero-order chi connectivity index (χ0) is 105. The normalized spacial score (nSPS) is 16.4. The van der Waals surface area contributed by atoms with Crippen LogP contribution in [0.5, 0.6) is 0 Å². The third kappa shape index (κ3) is 42.7. The first-order valence-corrected chi connectivity index (χ1v) is 47.4. The molecule has 2 aromatic heterocycles. The fourth-order valence-electron chi connectivity index (χ4n) is 15.3. The van der Waals surface area contributed by atoms with Crippen LogP contribution in [0.1, 0.15) is 137 Å². The number of amides is 19. The number of likely N-dealkylation sites (tertiary alicyclic amines) is 1. The maximum absolute atomic E-state index is 14.7. The number of carbonyl (C=O) groups is 22. The van der Waals surface area contributed by atoms with E-state index >= 15 is 0 Å². The maximum atomic E-state index is 14.7. The highest BCUT2D eigenvalue weighted by Gasteiger charge is 2.44. The van der Waals surface area contributed by atoms with Gasteiger partial charge in [-0.1, -0.05) is 59.7 Å². The van der Waals surface area contributed by atoms with E-state index < -0.39 is 292 Å². The number of fused-ring (bicyclic) bond motifs is 1. The van der Waals surface area contributed by atoms with E-state index in [1.807, 2.05) is 6.26 Å². The third-order valence-electron chi connectivity index (χ3n) is 22.6. The first-order chi connectivity index (χ1) is 66.5. The number of rotatable bonds is 59. The quantitative estimate of drug-likeness (QED) is 0.0142. The predicted octanol–water partition coefficient (Wildman–Crippen LogP) is -9.09. The topological polar surface area (TPSA) is 819 Å². The van der Waals surface area contributed by atoms with Crippen molar-refractivity contribution in [3.8, 4) is 0 Å². The third-order valence-corrected chi connectivity index (χ3v) is 23.3. The number of H-pyrrole nitrogens is 2. The second kappa shape index (κ2) is 59.4. The molecule has 53 nitrogen and oxygen atoms in total. The number of guanidine groups is 1. The number of carboxylic acid groups (broad SMARTS) is 3. The van der Waals surface area contributed by atoms with E-state index in [2.05, 4.69) is 89.4 Å². The van der Waals surface area contributed by atoms with E-state index in [4.69, 9.17) is 34.1 Å². The molecule has 0 unspecified atom stereocenters. The molecule has 2 fully saturated rings. The number of hydrogen-bond donors (Lipinski definition) is 25. The highest BCUT2D eigenvalue weighted by molar-refractivity contribution is 7.98. The van der Waals surface area contributed by atoms with Gasteiger partial charge in [0, 0.05) is 120 Å². The molecule has 12 atom stereocenters. The van der Waals surface area contributed by atoms with Gasteiger partial charge >= 0.3 is 17.9 Å². The van der Waals surface area contributed by atoms with Gasteiger partial charge in [0.1, 0.15) is 72.5 Å². The molecule has 0 saturated carbocycles. The molecule has 0 radical (unpaired) electrons. The summed E-state index contributed by atoms with van der Waals surface area (Å²) in [7, 11) is 0. The van der Waals surface area contributed by atoms with Crippen LogP contribution in [0.3, 0.4) is 0 Å². The Kier molecular flexibility index (Phi) is 49.5. The van der Waals surface area contributed by atoms with Gasteiger partial charge in [-0.25, -0.2) is 4.98 Å². The molecular weight excluding hydrogens is 1870 g/mol. The number of carboxylic acids is 3. The average molecular weight is 2010 g/mol. The fourth-order valence-corrected chi connectivity index (χ4v) is 15.7. The predicted molar refractivity (Wildman–Crippen MR) is 507 cm³/mol. The van der Waals surface area contributed by atoms with Gasteiger partial charge in [0.05, 0.1) is 52.0 Å². The standard InChI is InChI=1S/C87H136N28O25S/c1-46(2)32-58(107-78(132)55(14-11-22-95-87(92)93)104-79(133)57(16-19-65(89)117)106-85(139)63-17-20-69(121)115(63)70(122)41-111-23-25-112(42-71(123)124)27-29-114(44-73(127)128)30-28-113(26-24-111)43-72(125)126)77(131)97-39-67(119)102-62(36-66(90)118)84(138)105-56(15-18-64(88)116)80(134)109-60(34-50-37-96-53-13-10-9-12-52(50)53)81(135)100-49(7)76(130)110-74(48(5)6)86(140)98-40-68(120)101-61(35-51-38-94-45-99-51)83(137)108-59(33-47(3)4)82(136)103-54(75(91)129)21-31-141-8/h9-10,12-13,37-38,45-49,54-63,74,96H,11,14-36,39-44H2,1-8H3,(H2,88,116)(H2,89,117)(H2,90,118)(H2,91,129)(H,94,99)(H,97,131)(H,98,140)(H,100,135)(H,101,120)(H,102,119)(H,103,136)(H,104,133)(H,105,138)(H,106,139)(H,107,132)(H,108,137)(H,109,134)(H,110,130)(H,123,124)(H,125,126)(H,127,128)(H4,92,93,95)/t49-,54-,55-,56-,57-,58-,59-,60-,61-,62-,63-,74-/m0/s1. The summed E-state index contributed by atoms with van der Waals surface area (Å²) in [6.07, 6.45) is 1.55. The lowest BCUT2D eigenvalue weighted by Gasteiger charge is -2.33. The molecule has 2 saturated heterocycles. The fraction of sp³-hybridized carbons (Fsp3) is 0.609. The number of aromatic nitrogens is 3. The van der Waals surface area contributed by atoms with Crippen molar-refractivity contribution in [2.45, 2.75) is 211 Å². The zero-order valence-corrected chi connectivity index (χ0v) is 81.0. The van der Waals surface area contributed by atoms with E-state index in [1.165, 1.54) is 57.0 Å². The highest BCUT2D eigenvalue weighted by Crippen LogP contribution is 2.23. The number of aliphatic carboxylic acids is 3. The molecule has 141 heavy (non-hydrogen) atoms. The summed E-state index contributed by atoms with van der Waals surface area (Å²) in [5.74, 6) is -23.7. The number of para-hydroxylation sites is 1. The van der Waals surface area contributed by atoms with Crippen molar-refractivity contribution in [3.63, 3.8) is 0 Å². The van der Waals surface area contributed by atoms with Crippen LogP contribution in [0.25, 0.3) is 10.9 Å². The van der Waals surface area contributed by atoms with E-state index in [9.17, 15) is 121 Å². The van der Waals surface area contributed by atoms with Gasteiger partial charge in [0.15, 0.2) is 5.96 Å². The van der Waals surface area contributed by atoms with Crippen molar-refractivity contribution < 1.29 is 121 Å². The second-order valence-corrected chi connectivity index (χ2v) is 36.5. The average Bonchev–Trinajstić information content (AvgIpc) is 1.70. The summed E-state index contributed by atoms with van der Waals surface area (Å²) in [5, 5.41) is 72.3. The van der Waals surface area contributed by atoms with Gasteiger partial charge in [0.2, 0.25) is 112 Å². The molecule has 5 rings (SSSR count). The number of carbonyl (C=O) groups excluding carboxylic acids is 19. The van der Waals surface area contributed by atoms with Crippen LogP contribution in [0.2, 0.25) is 0 Å². The molecule has 780 valence electrons. The SMILES string of the molecule is CSCC[C@H](NC(=O)[C@H](CC(C)C)NC(=O)[C@H](Cc1cnc[nH]1)NC(=O)CNC(=O)[C@@H](NC(=O)[C@H](C)NC(=O)[C@H](Cc1c[nH]c2ccccc12)NC(=O)[C@H](CCC(N)=O)NC(=O)[C@H](CC(N)=O)NC(=O)CNC(=O)[C@H](CC(C)C)NC(=O)[C@H](CCCNC(=N)N)NC(=O)[C@H](CCC(N)=O)NC(=O)[C@@H]1CCC(=O)N1C(=O)CN1CCN(CC(=O)O)CCN(CC(=O)O)CCN(CC(=O)O)CC1)C(C)C)C(N)=O. The Morgan fingerprint density at radius 3 is 1.41 bits per heavy atom. The Morgan fingerprint density at radius 1 is 0.482 bits per heavy atom. The Balaban J connectivity index is 1.31. The molecule has 0 spiro atoms. The van der Waals surface area contributed by atoms with Crippen molar-refractivity contribution in [1.29, 1.82) is 5.41 Å². The lowest BCUT2D eigenvalue weighted by atomic mass is 10.0. The number of primary amides is 4. The number of nitrogens with one attached hydrogen (secondary N) is 17. The van der Waals surface area contributed by atoms with Crippen LogP contribution in [-0.4, -0.2) is 374 Å². The van der Waals surface area contributed by atoms with Crippen molar-refractivity contribution in [2.24, 2.45) is 46.4 Å². The zero-order valence-electron chi connectivity index (χ0n) is 80.2. The molecular formula is C87H136N28O25S. The molecule has 0 bridgehead atoms. The number of nitrogens with two attached hydrogens (primary N) is 5. The van der Waals surface area contributed by atoms with E-state index in [0.29, 0.717) is 32.8 Å². The molecule has 0 aliphatic carbocycles. The summed E-state index contributed by atoms with van der Waals surface area (Å²) in [4.78, 5) is 315. The summed E-state index contributed by atoms with van der Waals surface area (Å²) >= 11 is 1.43. The second-order valence-electron chi connectivity index (χ2n) is 35.5. The Bertz CT molecular complexity index is 4850. The van der Waals surface area contributed by atoms with Gasteiger partial charge < -0.3 is 128 Å². The number of nitrogens with zero attached hydrogens (tertiary/aromatic N) is 6. The Hall–Kier alpha value is -14.0. The lowest BCUT2D eigenvalue weighted by Crippen LogP contribution is -2.60. The minimum Gasteiger partial charge on any atom is -0.480 e. The molecule has 30 N–H and O–H groups in total. The number of imidazole rings is 1. The highest BCUT2D eigenvalue weighted by atomic mass is 32.2. The first kappa shape index (κ1) is 117. The summed E-state index contributed by atoms with van der Waals surface area (Å²) in [6.45, 7) is 7.63. The van der Waals surface area contributed by atoms with Crippen LogP contribution in [0, 0.1) is 23.2 Å². The smallest absolute Gasteiger partial charge is 0.317 e. The van der Waals surface area contributed by atoms with Crippen LogP contribution in [-0.2, 0) is 118 Å². The van der Waals surface area contributed by atoms with Gasteiger partial charge in [0.25, 0.3) is 0 Å². The number of imide groups is 1. The molecule has 54 heteroatoms. The van der Waals surface area contributed by atoms with Gasteiger partial charge in [-0.3, -0.25) is 135 Å². The van der Waals surface area contributed by atoms with Crippen LogP contribution >= 0.6 is 11.8 Å². The lowest BCUT2D eigenvalue weighted by molar-refractivity contribution is -0.149. The maximum Gasteiger partial charge on any atom is 0.317 e. The first-order valence-electron chi connectivity index (χ1n) is 46.0. The summed E-state index contributed by atoms with van der Waals surface area (Å²) in [6, 6.07) is -11.6. The summed E-state index contributed by atoms with van der Waals surface area (Å²) in [5.41, 5.74) is 29.2. The molecule has 4 heterocycles. The van der Waals surface area contributed by atoms with Crippen LogP contribution in [0.4, 0.5) is 0 Å². The molecule has 2 aliphatic heterocycles. The van der Waals surface area contributed by atoms with Crippen LogP contribution in [0.15, 0.2) is 43.0 Å². The number of hydrogen-bond acceptors (Lipinski definition) is 29. The number of thioether (sulfide) groups is 1. The molecule has 19 amide bonds. The van der Waals surface area contributed by atoms with Crippen LogP contribution < -0.4 is 103 Å². The molecule has 1 aromatic carbocycles. The van der Waals surface area contributed by atoms with E-state index in [-0.39, 0.29) is 123 Å². The van der Waals surface area contributed by atoms with E-state index in [1.54, 1.807) is 65.8 Å².